The third-order valence-corrected chi connectivity index (χ3v) is 4.34. The zero-order valence-corrected chi connectivity index (χ0v) is 13.4. The number of carbonyl (C=O) groups is 2. The standard InChI is InChI=1S/C17H18N4O3/c1-11-14(13(9-18)17(24-11)20-6-2-3-7-20)16(23)21-8-4-5-12(10-21)15(19)22/h2-3,6-7,12H,4-5,8,10H2,1H3,(H2,19,22). The largest absolute Gasteiger partial charge is 0.443 e. The van der Waals surface area contributed by atoms with Crippen LogP contribution in [0.2, 0.25) is 0 Å². The number of carbonyl (C=O) groups excluding carboxylic acids is 2. The molecular formula is C17H18N4O3. The van der Waals surface area contributed by atoms with E-state index in [0.29, 0.717) is 31.0 Å². The van der Waals surface area contributed by atoms with E-state index >= 15 is 0 Å². The summed E-state index contributed by atoms with van der Waals surface area (Å²) in [4.78, 5) is 25.9. The van der Waals surface area contributed by atoms with Crippen LogP contribution in [0, 0.1) is 24.2 Å². The van der Waals surface area contributed by atoms with Crippen LogP contribution >= 0.6 is 0 Å². The fourth-order valence-corrected chi connectivity index (χ4v) is 3.09. The third-order valence-electron chi connectivity index (χ3n) is 4.34. The number of aryl methyl sites for hydroxylation is 1. The molecule has 1 aliphatic heterocycles. The number of rotatable bonds is 3. The quantitative estimate of drug-likeness (QED) is 0.924. The Balaban J connectivity index is 1.96. The molecule has 0 radical (unpaired) electrons. The minimum absolute atomic E-state index is 0.204. The highest BCUT2D eigenvalue weighted by atomic mass is 16.4. The number of nitriles is 1. The van der Waals surface area contributed by atoms with Crippen molar-refractivity contribution in [2.75, 3.05) is 13.1 Å². The number of likely N-dealkylation sites (tertiary alicyclic amines) is 1. The number of furan rings is 1. The Morgan fingerprint density at radius 3 is 2.71 bits per heavy atom. The maximum absolute atomic E-state index is 12.9. The average Bonchev–Trinajstić information content (AvgIpc) is 3.21. The van der Waals surface area contributed by atoms with Gasteiger partial charge in [0.25, 0.3) is 5.91 Å². The van der Waals surface area contributed by atoms with E-state index in [1.165, 1.54) is 0 Å². The van der Waals surface area contributed by atoms with Gasteiger partial charge in [0.15, 0.2) is 0 Å². The zero-order chi connectivity index (χ0) is 17.3. The Morgan fingerprint density at radius 1 is 1.38 bits per heavy atom. The first-order valence-corrected chi connectivity index (χ1v) is 7.78. The molecule has 1 atom stereocenters. The molecule has 0 spiro atoms. The average molecular weight is 326 g/mol. The van der Waals surface area contributed by atoms with E-state index in [1.807, 2.05) is 12.1 Å². The van der Waals surface area contributed by atoms with Crippen molar-refractivity contribution in [3.8, 4) is 12.0 Å². The molecule has 7 heteroatoms. The van der Waals surface area contributed by atoms with E-state index in [9.17, 15) is 14.9 Å². The van der Waals surface area contributed by atoms with Gasteiger partial charge in [-0.15, -0.1) is 0 Å². The fourth-order valence-electron chi connectivity index (χ4n) is 3.09. The van der Waals surface area contributed by atoms with Crippen molar-refractivity contribution in [2.45, 2.75) is 19.8 Å². The summed E-state index contributed by atoms with van der Waals surface area (Å²) in [6.45, 7) is 2.48. The highest BCUT2D eigenvalue weighted by Crippen LogP contribution is 2.28. The van der Waals surface area contributed by atoms with Crippen LogP contribution in [0.4, 0.5) is 0 Å². The molecular weight excluding hydrogens is 308 g/mol. The Kier molecular flexibility index (Phi) is 4.13. The highest BCUT2D eigenvalue weighted by Gasteiger charge is 2.32. The second-order valence-electron chi connectivity index (χ2n) is 5.91. The number of amides is 2. The maximum atomic E-state index is 12.9. The van der Waals surface area contributed by atoms with Gasteiger partial charge in [0.1, 0.15) is 23.0 Å². The van der Waals surface area contributed by atoms with Gasteiger partial charge in [-0.25, -0.2) is 0 Å². The predicted molar refractivity (Wildman–Crippen MR) is 85.3 cm³/mol. The third kappa shape index (κ3) is 2.67. The van der Waals surface area contributed by atoms with Gasteiger partial charge in [-0.3, -0.25) is 14.2 Å². The van der Waals surface area contributed by atoms with Crippen LogP contribution in [0.1, 0.15) is 34.5 Å². The predicted octanol–water partition coefficient (Wildman–Crippen LogP) is 1.59. The SMILES string of the molecule is Cc1oc(-n2cccc2)c(C#N)c1C(=O)N1CCCC(C(N)=O)C1. The molecule has 1 aliphatic rings. The van der Waals surface area contributed by atoms with Gasteiger partial charge in [-0.1, -0.05) is 0 Å². The first kappa shape index (κ1) is 15.9. The summed E-state index contributed by atoms with van der Waals surface area (Å²) >= 11 is 0. The Hall–Kier alpha value is -3.01. The van der Waals surface area contributed by atoms with Gasteiger partial charge >= 0.3 is 0 Å². The lowest BCUT2D eigenvalue weighted by Crippen LogP contribution is -2.44. The van der Waals surface area contributed by atoms with Crippen LogP contribution in [0.5, 0.6) is 0 Å². The van der Waals surface area contributed by atoms with Crippen molar-refractivity contribution in [3.63, 3.8) is 0 Å². The van der Waals surface area contributed by atoms with Gasteiger partial charge in [0, 0.05) is 25.5 Å². The summed E-state index contributed by atoms with van der Waals surface area (Å²) in [5.41, 5.74) is 5.83. The van der Waals surface area contributed by atoms with E-state index in [-0.39, 0.29) is 29.5 Å². The molecule has 3 heterocycles. The number of aromatic nitrogens is 1. The lowest BCUT2D eigenvalue weighted by Gasteiger charge is -2.31. The highest BCUT2D eigenvalue weighted by molar-refractivity contribution is 5.99. The molecule has 2 aromatic heterocycles. The summed E-state index contributed by atoms with van der Waals surface area (Å²) in [6.07, 6.45) is 4.89. The normalized spacial score (nSPS) is 17.5. The van der Waals surface area contributed by atoms with E-state index in [2.05, 4.69) is 6.07 Å². The number of primary amides is 1. The Labute approximate surface area is 139 Å². The first-order valence-electron chi connectivity index (χ1n) is 7.78. The molecule has 0 aliphatic carbocycles. The monoisotopic (exact) mass is 326 g/mol. The summed E-state index contributed by atoms with van der Waals surface area (Å²) in [6, 6.07) is 5.69. The minimum atomic E-state index is -0.398. The molecule has 2 aromatic rings. The van der Waals surface area contributed by atoms with Crippen molar-refractivity contribution in [2.24, 2.45) is 11.7 Å². The molecule has 2 N–H and O–H groups in total. The fraction of sp³-hybridized carbons (Fsp3) is 0.353. The summed E-state index contributed by atoms with van der Waals surface area (Å²) in [7, 11) is 0. The lowest BCUT2D eigenvalue weighted by atomic mass is 9.96. The van der Waals surface area contributed by atoms with Gasteiger partial charge < -0.3 is 15.1 Å². The molecule has 1 fully saturated rings. The number of hydrogen-bond acceptors (Lipinski definition) is 4. The van der Waals surface area contributed by atoms with Crippen LogP contribution in [0.15, 0.2) is 28.9 Å². The molecule has 7 nitrogen and oxygen atoms in total. The Morgan fingerprint density at radius 2 is 2.08 bits per heavy atom. The van der Waals surface area contributed by atoms with Crippen molar-refractivity contribution >= 4 is 11.8 Å². The molecule has 1 saturated heterocycles. The van der Waals surface area contributed by atoms with Gasteiger partial charge in [-0.05, 0) is 31.9 Å². The molecule has 124 valence electrons. The summed E-state index contributed by atoms with van der Waals surface area (Å²) in [5, 5.41) is 9.53. The van der Waals surface area contributed by atoms with E-state index in [1.54, 1.807) is 28.8 Å². The van der Waals surface area contributed by atoms with E-state index < -0.39 is 5.91 Å². The number of nitrogens with two attached hydrogens (primary N) is 1. The van der Waals surface area contributed by atoms with Crippen LogP contribution in [-0.2, 0) is 4.79 Å². The smallest absolute Gasteiger partial charge is 0.258 e. The number of nitrogens with zero attached hydrogens (tertiary/aromatic N) is 3. The van der Waals surface area contributed by atoms with Crippen LogP contribution in [0.25, 0.3) is 5.88 Å². The minimum Gasteiger partial charge on any atom is -0.443 e. The van der Waals surface area contributed by atoms with Crippen molar-refractivity contribution in [1.82, 2.24) is 9.47 Å². The maximum Gasteiger partial charge on any atom is 0.258 e. The van der Waals surface area contributed by atoms with Crippen molar-refractivity contribution < 1.29 is 14.0 Å². The molecule has 0 aromatic carbocycles. The second kappa shape index (κ2) is 6.24. The summed E-state index contributed by atoms with van der Waals surface area (Å²) in [5.74, 6) is -0.320. The van der Waals surface area contributed by atoms with Crippen LogP contribution < -0.4 is 5.73 Å². The van der Waals surface area contributed by atoms with Crippen LogP contribution in [0.3, 0.4) is 0 Å². The van der Waals surface area contributed by atoms with Crippen molar-refractivity contribution in [1.29, 1.82) is 5.26 Å². The van der Waals surface area contributed by atoms with Crippen molar-refractivity contribution in [3.05, 3.63) is 41.4 Å². The van der Waals surface area contributed by atoms with Gasteiger partial charge in [0.2, 0.25) is 11.8 Å². The van der Waals surface area contributed by atoms with Gasteiger partial charge in [0.05, 0.1) is 5.92 Å². The molecule has 0 bridgehead atoms. The zero-order valence-electron chi connectivity index (χ0n) is 13.4. The molecule has 2 amide bonds. The molecule has 24 heavy (non-hydrogen) atoms. The molecule has 0 saturated carbocycles. The van der Waals surface area contributed by atoms with E-state index in [0.717, 1.165) is 0 Å². The molecule has 3 rings (SSSR count). The second-order valence-corrected chi connectivity index (χ2v) is 5.91. The first-order chi connectivity index (χ1) is 11.5. The topological polar surface area (TPSA) is 105 Å². The van der Waals surface area contributed by atoms with Gasteiger partial charge in [-0.2, -0.15) is 5.26 Å². The number of piperidine rings is 1. The lowest BCUT2D eigenvalue weighted by molar-refractivity contribution is -0.123. The van der Waals surface area contributed by atoms with Crippen LogP contribution in [-0.4, -0.2) is 34.4 Å². The summed E-state index contributed by atoms with van der Waals surface area (Å²) < 4.78 is 7.33. The number of hydrogen-bond donors (Lipinski definition) is 1. The van der Waals surface area contributed by atoms with E-state index in [4.69, 9.17) is 10.2 Å². The Bertz CT molecular complexity index is 814. The molecule has 1 unspecified atom stereocenters.